The highest BCUT2D eigenvalue weighted by Crippen LogP contribution is 2.34. The number of fused-ring (bicyclic) bond motifs is 1. The predicted octanol–water partition coefficient (Wildman–Crippen LogP) is 3.13. The molecule has 1 aromatic heterocycles. The van der Waals surface area contributed by atoms with Gasteiger partial charge in [0.2, 0.25) is 0 Å². The Morgan fingerprint density at radius 1 is 1.17 bits per heavy atom. The molecule has 152 valence electrons. The summed E-state index contributed by atoms with van der Waals surface area (Å²) in [4.78, 5) is 32.8. The summed E-state index contributed by atoms with van der Waals surface area (Å²) in [6, 6.07) is 10.3. The highest BCUT2D eigenvalue weighted by molar-refractivity contribution is 5.95. The molecule has 4 rings (SSSR count). The van der Waals surface area contributed by atoms with Crippen LogP contribution in [0.5, 0.6) is 0 Å². The molecule has 0 aliphatic carbocycles. The maximum Gasteiger partial charge on any atom is 0.409 e. The number of carbonyl (C=O) groups excluding carboxylic acids is 2. The van der Waals surface area contributed by atoms with Gasteiger partial charge in [0.05, 0.1) is 24.1 Å². The molecular weight excluding hydrogens is 368 g/mol. The van der Waals surface area contributed by atoms with Crippen molar-refractivity contribution in [3.8, 4) is 0 Å². The number of aromatic nitrogens is 1. The summed E-state index contributed by atoms with van der Waals surface area (Å²) in [5.41, 5.74) is 3.98. The van der Waals surface area contributed by atoms with Crippen LogP contribution < -0.4 is 10.2 Å². The molecule has 0 unspecified atom stereocenters. The number of benzene rings is 1. The fourth-order valence-corrected chi connectivity index (χ4v) is 4.00. The van der Waals surface area contributed by atoms with Crippen LogP contribution in [0.4, 0.5) is 16.2 Å². The lowest BCUT2D eigenvalue weighted by atomic mass is 10.0. The first kappa shape index (κ1) is 19.2. The van der Waals surface area contributed by atoms with Gasteiger partial charge in [-0.15, -0.1) is 0 Å². The normalized spacial score (nSPS) is 16.4. The van der Waals surface area contributed by atoms with Gasteiger partial charge < -0.3 is 19.9 Å². The number of para-hydroxylation sites is 1. The van der Waals surface area contributed by atoms with E-state index in [0.29, 0.717) is 25.3 Å². The number of piperidine rings is 1. The van der Waals surface area contributed by atoms with Crippen LogP contribution >= 0.6 is 0 Å². The fourth-order valence-electron chi connectivity index (χ4n) is 4.00. The number of hydrogen-bond donors (Lipinski definition) is 1. The van der Waals surface area contributed by atoms with E-state index < -0.39 is 0 Å². The smallest absolute Gasteiger partial charge is 0.409 e. The first-order chi connectivity index (χ1) is 14.2. The molecule has 7 heteroatoms. The summed E-state index contributed by atoms with van der Waals surface area (Å²) in [5, 5.41) is 3.09. The van der Waals surface area contributed by atoms with Crippen molar-refractivity contribution in [1.29, 1.82) is 0 Å². The van der Waals surface area contributed by atoms with E-state index in [4.69, 9.17) is 4.74 Å². The van der Waals surface area contributed by atoms with Crippen molar-refractivity contribution in [2.75, 3.05) is 31.1 Å². The molecule has 7 nitrogen and oxygen atoms in total. The van der Waals surface area contributed by atoms with Crippen LogP contribution in [0, 0.1) is 0 Å². The van der Waals surface area contributed by atoms with Crippen LogP contribution in [-0.4, -0.2) is 54.2 Å². The van der Waals surface area contributed by atoms with E-state index in [1.54, 1.807) is 24.2 Å². The average molecular weight is 394 g/mol. The average Bonchev–Trinajstić information content (AvgIpc) is 3.19. The van der Waals surface area contributed by atoms with Crippen LogP contribution in [0.25, 0.3) is 0 Å². The molecule has 3 heterocycles. The Morgan fingerprint density at radius 2 is 1.97 bits per heavy atom. The van der Waals surface area contributed by atoms with Gasteiger partial charge in [0, 0.05) is 37.6 Å². The molecule has 0 spiro atoms. The lowest BCUT2D eigenvalue weighted by molar-refractivity contribution is 0.0860. The second-order valence-corrected chi connectivity index (χ2v) is 7.40. The van der Waals surface area contributed by atoms with Crippen LogP contribution in [0.3, 0.4) is 0 Å². The summed E-state index contributed by atoms with van der Waals surface area (Å²) in [6.45, 7) is 4.24. The number of carbonyl (C=O) groups is 2. The van der Waals surface area contributed by atoms with Crippen LogP contribution in [0.1, 0.15) is 35.7 Å². The molecule has 0 radical (unpaired) electrons. The molecule has 0 saturated carbocycles. The third kappa shape index (κ3) is 4.18. The summed E-state index contributed by atoms with van der Waals surface area (Å²) in [7, 11) is 0. The van der Waals surface area contributed by atoms with Gasteiger partial charge in [-0.05, 0) is 43.9 Å². The zero-order valence-corrected chi connectivity index (χ0v) is 16.6. The number of amides is 2. The van der Waals surface area contributed by atoms with Gasteiger partial charge in [-0.25, -0.2) is 4.79 Å². The van der Waals surface area contributed by atoms with E-state index in [9.17, 15) is 9.59 Å². The molecular formula is C22H26N4O3. The fraction of sp³-hybridized carbons (Fsp3) is 0.409. The highest BCUT2D eigenvalue weighted by atomic mass is 16.6. The number of nitrogens with one attached hydrogen (secondary N) is 1. The van der Waals surface area contributed by atoms with Gasteiger partial charge >= 0.3 is 6.09 Å². The van der Waals surface area contributed by atoms with Crippen molar-refractivity contribution in [3.63, 3.8) is 0 Å². The predicted molar refractivity (Wildman–Crippen MR) is 110 cm³/mol. The number of anilines is 2. The molecule has 2 aromatic rings. The summed E-state index contributed by atoms with van der Waals surface area (Å²) >= 11 is 0. The lowest BCUT2D eigenvalue weighted by Crippen LogP contribution is -2.46. The highest BCUT2D eigenvalue weighted by Gasteiger charge is 2.25. The Kier molecular flexibility index (Phi) is 5.64. The third-order valence-corrected chi connectivity index (χ3v) is 5.54. The second kappa shape index (κ2) is 8.51. The molecule has 2 aliphatic heterocycles. The molecule has 2 aliphatic rings. The molecule has 1 saturated heterocycles. The van der Waals surface area contributed by atoms with Crippen molar-refractivity contribution in [2.24, 2.45) is 0 Å². The maximum absolute atomic E-state index is 12.8. The second-order valence-electron chi connectivity index (χ2n) is 7.40. The quantitative estimate of drug-likeness (QED) is 0.862. The number of pyridine rings is 1. The summed E-state index contributed by atoms with van der Waals surface area (Å²) in [5.74, 6) is -0.124. The minimum absolute atomic E-state index is 0.0457. The number of likely N-dealkylation sites (tertiary alicyclic amines) is 1. The molecule has 0 atom stereocenters. The Balaban J connectivity index is 1.38. The van der Waals surface area contributed by atoms with E-state index >= 15 is 0 Å². The Labute approximate surface area is 170 Å². The zero-order valence-electron chi connectivity index (χ0n) is 16.6. The van der Waals surface area contributed by atoms with Gasteiger partial charge in [-0.2, -0.15) is 0 Å². The number of rotatable bonds is 4. The minimum atomic E-state index is -0.278. The largest absolute Gasteiger partial charge is 0.450 e. The first-order valence-electron chi connectivity index (χ1n) is 10.2. The van der Waals surface area contributed by atoms with Gasteiger partial charge in [-0.3, -0.25) is 9.78 Å². The minimum Gasteiger partial charge on any atom is -0.450 e. The monoisotopic (exact) mass is 394 g/mol. The van der Waals surface area contributed by atoms with Gasteiger partial charge in [0.1, 0.15) is 0 Å². The van der Waals surface area contributed by atoms with Crippen LogP contribution in [-0.2, 0) is 11.2 Å². The zero-order chi connectivity index (χ0) is 20.2. The first-order valence-corrected chi connectivity index (χ1v) is 10.2. The summed E-state index contributed by atoms with van der Waals surface area (Å²) in [6.07, 6.45) is 5.56. The Morgan fingerprint density at radius 3 is 2.76 bits per heavy atom. The van der Waals surface area contributed by atoms with Gasteiger partial charge in [-0.1, -0.05) is 18.2 Å². The Hall–Kier alpha value is -3.09. The van der Waals surface area contributed by atoms with Gasteiger partial charge in [0.25, 0.3) is 5.91 Å². The number of nitrogens with zero attached hydrogens (tertiary/aromatic N) is 3. The third-order valence-electron chi connectivity index (χ3n) is 5.54. The van der Waals surface area contributed by atoms with Crippen molar-refractivity contribution in [3.05, 3.63) is 53.9 Å². The van der Waals surface area contributed by atoms with Crippen molar-refractivity contribution in [2.45, 2.75) is 32.2 Å². The SMILES string of the molecule is CCOC(=O)N1CCC(NC(=O)c2cncc(N3CCc4ccccc43)c2)CC1. The molecule has 0 bridgehead atoms. The van der Waals surface area contributed by atoms with Crippen molar-refractivity contribution in [1.82, 2.24) is 15.2 Å². The molecule has 1 fully saturated rings. The topological polar surface area (TPSA) is 74.8 Å². The lowest BCUT2D eigenvalue weighted by Gasteiger charge is -2.31. The van der Waals surface area contributed by atoms with Gasteiger partial charge in [0.15, 0.2) is 0 Å². The number of hydrogen-bond acceptors (Lipinski definition) is 5. The molecule has 1 N–H and O–H groups in total. The Bertz CT molecular complexity index is 893. The summed E-state index contributed by atoms with van der Waals surface area (Å²) < 4.78 is 5.04. The molecule has 29 heavy (non-hydrogen) atoms. The van der Waals surface area contributed by atoms with E-state index in [2.05, 4.69) is 33.4 Å². The van der Waals surface area contributed by atoms with Crippen LogP contribution in [0.15, 0.2) is 42.7 Å². The molecule has 2 amide bonds. The standard InChI is InChI=1S/C22H26N4O3/c1-2-29-22(28)25-10-8-18(9-11-25)24-21(27)17-13-19(15-23-14-17)26-12-7-16-5-3-4-6-20(16)26/h3-6,13-15,18H,2,7-12H2,1H3,(H,24,27). The van der Waals surface area contributed by atoms with Crippen LogP contribution in [0.2, 0.25) is 0 Å². The van der Waals surface area contributed by atoms with E-state index in [1.807, 2.05) is 12.1 Å². The maximum atomic E-state index is 12.8. The number of ether oxygens (including phenoxy) is 1. The van der Waals surface area contributed by atoms with E-state index in [1.165, 1.54) is 11.3 Å². The molecule has 1 aromatic carbocycles. The van der Waals surface area contributed by atoms with E-state index in [-0.39, 0.29) is 18.0 Å². The van der Waals surface area contributed by atoms with E-state index in [0.717, 1.165) is 31.5 Å². The van der Waals surface area contributed by atoms with Crippen molar-refractivity contribution < 1.29 is 14.3 Å². The van der Waals surface area contributed by atoms with Crippen molar-refractivity contribution >= 4 is 23.4 Å².